The highest BCUT2D eigenvalue weighted by Crippen LogP contribution is 2.33. The Morgan fingerprint density at radius 2 is 1.68 bits per heavy atom. The molecule has 0 saturated heterocycles. The van der Waals surface area contributed by atoms with Gasteiger partial charge in [-0.15, -0.1) is 0 Å². The number of rotatable bonds is 4. The Bertz CT molecular complexity index is 807. The van der Waals surface area contributed by atoms with E-state index in [4.69, 9.17) is 15.2 Å². The molecule has 2 N–H and O–H groups in total. The van der Waals surface area contributed by atoms with Crippen LogP contribution in [-0.2, 0) is 6.54 Å². The van der Waals surface area contributed by atoms with Crippen molar-refractivity contribution in [1.29, 1.82) is 0 Å². The molecule has 5 heteroatoms. The van der Waals surface area contributed by atoms with Crippen LogP contribution in [0.5, 0.6) is 11.5 Å². The molecular weight excluding hydrogens is 278 g/mol. The number of benzene rings is 2. The van der Waals surface area contributed by atoms with Crippen LogP contribution in [0.4, 0.5) is 5.95 Å². The fraction of sp³-hybridized carbons (Fsp3) is 0.235. The molecule has 0 saturated carbocycles. The highest BCUT2D eigenvalue weighted by Gasteiger charge is 2.13. The number of hydrogen-bond acceptors (Lipinski definition) is 4. The first-order chi connectivity index (χ1) is 10.6. The first-order valence-corrected chi connectivity index (χ1v) is 7.05. The van der Waals surface area contributed by atoms with Gasteiger partial charge in [-0.05, 0) is 12.5 Å². The first-order valence-electron chi connectivity index (χ1n) is 7.05. The maximum Gasteiger partial charge on any atom is 0.201 e. The van der Waals surface area contributed by atoms with Crippen LogP contribution in [0.15, 0.2) is 36.4 Å². The molecule has 0 unspecified atom stereocenters. The minimum atomic E-state index is 0.478. The number of ether oxygens (including phenoxy) is 2. The van der Waals surface area contributed by atoms with E-state index in [1.807, 2.05) is 16.7 Å². The standard InChI is InChI=1S/C17H19N3O2/c1-11-4-6-12(7-5-11)10-20-14-9-16(22-3)15(21-2)8-13(14)19-17(20)18/h4-9H,10H2,1-3H3,(H2,18,19). The van der Waals surface area contributed by atoms with E-state index in [-0.39, 0.29) is 0 Å². The van der Waals surface area contributed by atoms with Crippen molar-refractivity contribution in [2.75, 3.05) is 20.0 Å². The maximum absolute atomic E-state index is 6.08. The molecule has 0 radical (unpaired) electrons. The lowest BCUT2D eigenvalue weighted by Gasteiger charge is -2.10. The minimum absolute atomic E-state index is 0.478. The molecule has 0 fully saturated rings. The van der Waals surface area contributed by atoms with Crippen molar-refractivity contribution in [2.45, 2.75) is 13.5 Å². The fourth-order valence-corrected chi connectivity index (χ4v) is 2.51. The number of nitrogens with zero attached hydrogens (tertiary/aromatic N) is 2. The molecule has 2 aromatic carbocycles. The Labute approximate surface area is 129 Å². The molecule has 0 bridgehead atoms. The zero-order valence-electron chi connectivity index (χ0n) is 13.0. The van der Waals surface area contributed by atoms with Crippen molar-refractivity contribution in [3.05, 3.63) is 47.5 Å². The SMILES string of the molecule is COc1cc2nc(N)n(Cc3ccc(C)cc3)c2cc1OC. The van der Waals surface area contributed by atoms with Gasteiger partial charge in [-0.25, -0.2) is 4.98 Å². The van der Waals surface area contributed by atoms with E-state index < -0.39 is 0 Å². The van der Waals surface area contributed by atoms with E-state index in [0.29, 0.717) is 24.0 Å². The second-order valence-electron chi connectivity index (χ2n) is 5.24. The lowest BCUT2D eigenvalue weighted by molar-refractivity contribution is 0.355. The molecule has 1 aromatic heterocycles. The van der Waals surface area contributed by atoms with Crippen molar-refractivity contribution >= 4 is 17.0 Å². The topological polar surface area (TPSA) is 62.3 Å². The third-order valence-corrected chi connectivity index (χ3v) is 3.74. The number of imidazole rings is 1. The van der Waals surface area contributed by atoms with Crippen LogP contribution >= 0.6 is 0 Å². The molecule has 0 amide bonds. The van der Waals surface area contributed by atoms with Gasteiger partial charge in [0.05, 0.1) is 31.8 Å². The van der Waals surface area contributed by atoms with Crippen LogP contribution in [0.2, 0.25) is 0 Å². The third-order valence-electron chi connectivity index (χ3n) is 3.74. The Kier molecular flexibility index (Phi) is 3.63. The number of methoxy groups -OCH3 is 2. The van der Waals surface area contributed by atoms with Gasteiger partial charge < -0.3 is 19.8 Å². The predicted molar refractivity (Wildman–Crippen MR) is 87.5 cm³/mol. The predicted octanol–water partition coefficient (Wildman–Crippen LogP) is 2.99. The monoisotopic (exact) mass is 297 g/mol. The molecular formula is C17H19N3O2. The summed E-state index contributed by atoms with van der Waals surface area (Å²) >= 11 is 0. The molecule has 114 valence electrons. The summed E-state index contributed by atoms with van der Waals surface area (Å²) in [6.07, 6.45) is 0. The number of anilines is 1. The number of nitrogens with two attached hydrogens (primary N) is 1. The normalized spacial score (nSPS) is 10.9. The van der Waals surface area contributed by atoms with Gasteiger partial charge in [0.15, 0.2) is 11.5 Å². The molecule has 22 heavy (non-hydrogen) atoms. The fourth-order valence-electron chi connectivity index (χ4n) is 2.51. The second-order valence-corrected chi connectivity index (χ2v) is 5.24. The highest BCUT2D eigenvalue weighted by molar-refractivity contribution is 5.82. The summed E-state index contributed by atoms with van der Waals surface area (Å²) in [5, 5.41) is 0. The van der Waals surface area contributed by atoms with E-state index in [2.05, 4.69) is 36.2 Å². The van der Waals surface area contributed by atoms with Crippen molar-refractivity contribution < 1.29 is 9.47 Å². The highest BCUT2D eigenvalue weighted by atomic mass is 16.5. The number of hydrogen-bond donors (Lipinski definition) is 1. The van der Waals surface area contributed by atoms with Gasteiger partial charge in [0.25, 0.3) is 0 Å². The zero-order chi connectivity index (χ0) is 15.7. The molecule has 0 aliphatic carbocycles. The summed E-state index contributed by atoms with van der Waals surface area (Å²) in [6, 6.07) is 12.1. The minimum Gasteiger partial charge on any atom is -0.493 e. The third kappa shape index (κ3) is 2.45. The van der Waals surface area contributed by atoms with Crippen LogP contribution in [-0.4, -0.2) is 23.8 Å². The lowest BCUT2D eigenvalue weighted by atomic mass is 10.1. The van der Waals surface area contributed by atoms with E-state index in [0.717, 1.165) is 11.0 Å². The molecule has 0 aliphatic rings. The van der Waals surface area contributed by atoms with E-state index >= 15 is 0 Å². The Morgan fingerprint density at radius 1 is 1.05 bits per heavy atom. The van der Waals surface area contributed by atoms with Crippen LogP contribution in [0.1, 0.15) is 11.1 Å². The first kappa shape index (κ1) is 14.3. The van der Waals surface area contributed by atoms with Gasteiger partial charge >= 0.3 is 0 Å². The van der Waals surface area contributed by atoms with E-state index in [1.165, 1.54) is 11.1 Å². The van der Waals surface area contributed by atoms with Crippen LogP contribution in [0.25, 0.3) is 11.0 Å². The maximum atomic E-state index is 6.08. The number of nitrogen functional groups attached to an aromatic ring is 1. The quantitative estimate of drug-likeness (QED) is 0.804. The number of aryl methyl sites for hydroxylation is 1. The summed E-state index contributed by atoms with van der Waals surface area (Å²) in [4.78, 5) is 4.42. The van der Waals surface area contributed by atoms with Gasteiger partial charge in [0, 0.05) is 12.1 Å². The number of fused-ring (bicyclic) bond motifs is 1. The van der Waals surface area contributed by atoms with Gasteiger partial charge in [0.1, 0.15) is 0 Å². The number of aromatic nitrogens is 2. The van der Waals surface area contributed by atoms with Crippen LogP contribution in [0, 0.1) is 6.92 Å². The van der Waals surface area contributed by atoms with Crippen LogP contribution < -0.4 is 15.2 Å². The molecule has 0 aliphatic heterocycles. The van der Waals surface area contributed by atoms with Crippen molar-refractivity contribution in [3.63, 3.8) is 0 Å². The van der Waals surface area contributed by atoms with Gasteiger partial charge in [-0.3, -0.25) is 0 Å². The zero-order valence-corrected chi connectivity index (χ0v) is 13.0. The average molecular weight is 297 g/mol. The summed E-state index contributed by atoms with van der Waals surface area (Å²) in [6.45, 7) is 2.74. The van der Waals surface area contributed by atoms with E-state index in [1.54, 1.807) is 14.2 Å². The van der Waals surface area contributed by atoms with E-state index in [9.17, 15) is 0 Å². The second kappa shape index (κ2) is 5.60. The summed E-state index contributed by atoms with van der Waals surface area (Å²) in [5.74, 6) is 1.79. The van der Waals surface area contributed by atoms with Crippen molar-refractivity contribution in [1.82, 2.24) is 9.55 Å². The molecule has 0 spiro atoms. The smallest absolute Gasteiger partial charge is 0.201 e. The summed E-state index contributed by atoms with van der Waals surface area (Å²) in [7, 11) is 3.23. The van der Waals surface area contributed by atoms with Gasteiger partial charge in [0.2, 0.25) is 5.95 Å². The molecule has 3 rings (SSSR count). The Morgan fingerprint density at radius 3 is 2.32 bits per heavy atom. The Hall–Kier alpha value is -2.69. The average Bonchev–Trinajstić information content (AvgIpc) is 2.83. The molecule has 5 nitrogen and oxygen atoms in total. The van der Waals surface area contributed by atoms with Crippen LogP contribution in [0.3, 0.4) is 0 Å². The summed E-state index contributed by atoms with van der Waals surface area (Å²) < 4.78 is 12.7. The lowest BCUT2D eigenvalue weighted by Crippen LogP contribution is -2.04. The van der Waals surface area contributed by atoms with Gasteiger partial charge in [-0.1, -0.05) is 29.8 Å². The Balaban J connectivity index is 2.08. The molecule has 0 atom stereocenters. The molecule has 1 heterocycles. The molecule has 3 aromatic rings. The van der Waals surface area contributed by atoms with Gasteiger partial charge in [-0.2, -0.15) is 0 Å². The van der Waals surface area contributed by atoms with Crippen molar-refractivity contribution in [3.8, 4) is 11.5 Å². The summed E-state index contributed by atoms with van der Waals surface area (Å²) in [5.41, 5.74) is 10.2. The van der Waals surface area contributed by atoms with Crippen molar-refractivity contribution in [2.24, 2.45) is 0 Å². The largest absolute Gasteiger partial charge is 0.493 e.